The van der Waals surface area contributed by atoms with Crippen molar-refractivity contribution in [2.24, 2.45) is 5.73 Å². The number of carbonyl (C=O) groups is 2. The average molecular weight is 470 g/mol. The maximum absolute atomic E-state index is 12.6. The Morgan fingerprint density at radius 2 is 1.88 bits per heavy atom. The fraction of sp³-hybridized carbons (Fsp3) is 0.208. The summed E-state index contributed by atoms with van der Waals surface area (Å²) in [6, 6.07) is 12.4. The molecule has 0 aliphatic rings. The number of aromatic nitrogens is 1. The van der Waals surface area contributed by atoms with Gasteiger partial charge in [-0.15, -0.1) is 0 Å². The van der Waals surface area contributed by atoms with E-state index >= 15 is 0 Å². The number of carbonyl (C=O) groups excluding carboxylic acids is 2. The van der Waals surface area contributed by atoms with Crippen molar-refractivity contribution >= 4 is 23.4 Å². The number of benzene rings is 2. The number of halogens is 1. The summed E-state index contributed by atoms with van der Waals surface area (Å²) in [5.41, 5.74) is 8.26. The Morgan fingerprint density at radius 3 is 2.55 bits per heavy atom. The van der Waals surface area contributed by atoms with Crippen molar-refractivity contribution in [3.8, 4) is 23.1 Å². The Morgan fingerprint density at radius 1 is 1.09 bits per heavy atom. The van der Waals surface area contributed by atoms with Gasteiger partial charge >= 0.3 is 0 Å². The van der Waals surface area contributed by atoms with Crippen LogP contribution in [-0.4, -0.2) is 30.5 Å². The normalized spacial score (nSPS) is 10.4. The predicted octanol–water partition coefficient (Wildman–Crippen LogP) is 3.95. The maximum Gasteiger partial charge on any atom is 0.255 e. The van der Waals surface area contributed by atoms with Crippen LogP contribution >= 0.6 is 11.6 Å². The molecule has 33 heavy (non-hydrogen) atoms. The van der Waals surface area contributed by atoms with Crippen LogP contribution in [-0.2, 0) is 11.3 Å². The molecule has 0 unspecified atom stereocenters. The van der Waals surface area contributed by atoms with E-state index in [-0.39, 0.29) is 41.1 Å². The molecule has 0 fully saturated rings. The van der Waals surface area contributed by atoms with Crippen LogP contribution in [0, 0.1) is 13.8 Å². The molecule has 0 aliphatic heterocycles. The number of amides is 2. The van der Waals surface area contributed by atoms with Crippen molar-refractivity contribution in [3.05, 3.63) is 75.9 Å². The molecule has 0 aliphatic carbocycles. The third kappa shape index (κ3) is 6.36. The molecule has 1 heterocycles. The first-order valence-corrected chi connectivity index (χ1v) is 10.4. The third-order valence-corrected chi connectivity index (χ3v) is 4.94. The zero-order valence-corrected chi connectivity index (χ0v) is 19.2. The number of rotatable bonds is 9. The Bertz CT molecular complexity index is 1170. The number of aryl methyl sites for hydroxylation is 2. The van der Waals surface area contributed by atoms with Crippen molar-refractivity contribution in [2.45, 2.75) is 20.4 Å². The smallest absolute Gasteiger partial charge is 0.255 e. The summed E-state index contributed by atoms with van der Waals surface area (Å²) in [4.78, 5) is 27.9. The lowest BCUT2D eigenvalue weighted by Gasteiger charge is -2.13. The van der Waals surface area contributed by atoms with Gasteiger partial charge in [-0.1, -0.05) is 29.8 Å². The summed E-state index contributed by atoms with van der Waals surface area (Å²) in [5, 5.41) is 2.92. The topological polar surface area (TPSA) is 113 Å². The molecule has 0 spiro atoms. The fourth-order valence-electron chi connectivity index (χ4n) is 2.92. The standard InChI is InChI=1S/C24H24ClN3O5/c1-14-4-5-15(2)19(8-14)33-22-7-6-16(11-27-22)12-28-24(30)17-9-18(25)23(20(10-17)31-3)32-13-21(26)29/h4-11H,12-13H2,1-3H3,(H2,26,29)(H,28,30). The second-order valence-electron chi connectivity index (χ2n) is 7.30. The molecule has 0 saturated heterocycles. The van der Waals surface area contributed by atoms with E-state index in [1.165, 1.54) is 19.2 Å². The van der Waals surface area contributed by atoms with Gasteiger partial charge < -0.3 is 25.3 Å². The molecule has 0 atom stereocenters. The van der Waals surface area contributed by atoms with Crippen molar-refractivity contribution in [3.63, 3.8) is 0 Å². The first kappa shape index (κ1) is 23.9. The van der Waals surface area contributed by atoms with Gasteiger partial charge in [-0.3, -0.25) is 9.59 Å². The number of hydrogen-bond donors (Lipinski definition) is 2. The van der Waals surface area contributed by atoms with Crippen molar-refractivity contribution < 1.29 is 23.8 Å². The zero-order valence-electron chi connectivity index (χ0n) is 18.5. The summed E-state index contributed by atoms with van der Waals surface area (Å²) in [6.45, 7) is 3.85. The molecule has 3 rings (SSSR count). The lowest BCUT2D eigenvalue weighted by atomic mass is 10.1. The minimum absolute atomic E-state index is 0.121. The Kier molecular flexibility index (Phi) is 7.74. The van der Waals surface area contributed by atoms with Crippen LogP contribution in [0.4, 0.5) is 0 Å². The average Bonchev–Trinajstić information content (AvgIpc) is 2.79. The molecule has 2 amide bonds. The van der Waals surface area contributed by atoms with Crippen LogP contribution in [0.25, 0.3) is 0 Å². The van der Waals surface area contributed by atoms with Gasteiger partial charge in [0.1, 0.15) is 5.75 Å². The van der Waals surface area contributed by atoms with Crippen LogP contribution in [0.15, 0.2) is 48.7 Å². The van der Waals surface area contributed by atoms with Gasteiger partial charge in [0.05, 0.1) is 12.1 Å². The lowest BCUT2D eigenvalue weighted by molar-refractivity contribution is -0.119. The third-order valence-electron chi connectivity index (χ3n) is 4.66. The van der Waals surface area contributed by atoms with Gasteiger partial charge in [-0.05, 0) is 48.7 Å². The first-order chi connectivity index (χ1) is 15.8. The van der Waals surface area contributed by atoms with E-state index in [0.29, 0.717) is 5.88 Å². The number of nitrogens with one attached hydrogen (secondary N) is 1. The first-order valence-electron chi connectivity index (χ1n) is 10.0. The Labute approximate surface area is 196 Å². The highest BCUT2D eigenvalue weighted by molar-refractivity contribution is 6.32. The summed E-state index contributed by atoms with van der Waals surface area (Å²) in [7, 11) is 1.40. The molecule has 172 valence electrons. The van der Waals surface area contributed by atoms with Crippen LogP contribution in [0.3, 0.4) is 0 Å². The monoisotopic (exact) mass is 469 g/mol. The predicted molar refractivity (Wildman–Crippen MR) is 124 cm³/mol. The summed E-state index contributed by atoms with van der Waals surface area (Å²) in [6.07, 6.45) is 1.63. The number of ether oxygens (including phenoxy) is 3. The molecule has 2 aromatic carbocycles. The molecule has 8 nitrogen and oxygen atoms in total. The second-order valence-corrected chi connectivity index (χ2v) is 7.71. The highest BCUT2D eigenvalue weighted by Gasteiger charge is 2.16. The van der Waals surface area contributed by atoms with Gasteiger partial charge in [0.15, 0.2) is 18.1 Å². The SMILES string of the molecule is COc1cc(C(=O)NCc2ccc(Oc3cc(C)ccc3C)nc2)cc(Cl)c1OCC(N)=O. The van der Waals surface area contributed by atoms with E-state index in [9.17, 15) is 9.59 Å². The van der Waals surface area contributed by atoms with E-state index in [4.69, 9.17) is 31.5 Å². The van der Waals surface area contributed by atoms with E-state index in [0.717, 1.165) is 22.4 Å². The summed E-state index contributed by atoms with van der Waals surface area (Å²) < 4.78 is 16.3. The molecule has 3 aromatic rings. The second kappa shape index (κ2) is 10.7. The number of nitrogens with zero attached hydrogens (tertiary/aromatic N) is 1. The van der Waals surface area contributed by atoms with Gasteiger partial charge in [0, 0.05) is 24.4 Å². The van der Waals surface area contributed by atoms with Crippen LogP contribution < -0.4 is 25.3 Å². The highest BCUT2D eigenvalue weighted by atomic mass is 35.5. The van der Waals surface area contributed by atoms with Crippen molar-refractivity contribution in [1.82, 2.24) is 10.3 Å². The van der Waals surface area contributed by atoms with Gasteiger partial charge in [-0.25, -0.2) is 4.98 Å². The summed E-state index contributed by atoms with van der Waals surface area (Å²) in [5.74, 6) is 0.530. The van der Waals surface area contributed by atoms with E-state index in [2.05, 4.69) is 10.3 Å². The van der Waals surface area contributed by atoms with E-state index in [1.54, 1.807) is 12.3 Å². The number of methoxy groups -OCH3 is 1. The van der Waals surface area contributed by atoms with E-state index < -0.39 is 5.91 Å². The fourth-order valence-corrected chi connectivity index (χ4v) is 3.19. The van der Waals surface area contributed by atoms with Crippen LogP contribution in [0.1, 0.15) is 27.0 Å². The Balaban J connectivity index is 1.64. The van der Waals surface area contributed by atoms with Gasteiger partial charge in [0.25, 0.3) is 11.8 Å². The molecular weight excluding hydrogens is 446 g/mol. The van der Waals surface area contributed by atoms with Crippen LogP contribution in [0.2, 0.25) is 5.02 Å². The zero-order chi connectivity index (χ0) is 24.0. The number of hydrogen-bond acceptors (Lipinski definition) is 6. The largest absolute Gasteiger partial charge is 0.493 e. The molecule has 0 saturated carbocycles. The minimum atomic E-state index is -0.658. The highest BCUT2D eigenvalue weighted by Crippen LogP contribution is 2.36. The quantitative estimate of drug-likeness (QED) is 0.490. The van der Waals surface area contributed by atoms with Crippen LogP contribution in [0.5, 0.6) is 23.1 Å². The van der Waals surface area contributed by atoms with Gasteiger partial charge in [0.2, 0.25) is 5.88 Å². The lowest BCUT2D eigenvalue weighted by Crippen LogP contribution is -2.23. The maximum atomic E-state index is 12.6. The molecule has 9 heteroatoms. The number of primary amides is 1. The Hall–Kier alpha value is -3.78. The summed E-state index contributed by atoms with van der Waals surface area (Å²) >= 11 is 6.20. The molecule has 1 aromatic heterocycles. The van der Waals surface area contributed by atoms with Crippen molar-refractivity contribution in [2.75, 3.05) is 13.7 Å². The molecule has 0 radical (unpaired) electrons. The number of nitrogens with two attached hydrogens (primary N) is 1. The molecule has 3 N–H and O–H groups in total. The number of pyridine rings is 1. The van der Waals surface area contributed by atoms with Crippen molar-refractivity contribution in [1.29, 1.82) is 0 Å². The molecule has 0 bridgehead atoms. The van der Waals surface area contributed by atoms with Gasteiger partial charge in [-0.2, -0.15) is 0 Å². The van der Waals surface area contributed by atoms with E-state index in [1.807, 2.05) is 38.1 Å². The minimum Gasteiger partial charge on any atom is -0.493 e. The molecular formula is C24H24ClN3O5.